The molecule has 13 aromatic carbocycles. The molecule has 0 amide bonds. The molecule has 0 aliphatic heterocycles. The monoisotopic (exact) mass is 1050 g/mol. The van der Waals surface area contributed by atoms with Gasteiger partial charge in [-0.25, -0.2) is 0 Å². The van der Waals surface area contributed by atoms with Crippen LogP contribution in [0.15, 0.2) is 309 Å². The van der Waals surface area contributed by atoms with Crippen LogP contribution in [0.4, 0.5) is 0 Å². The van der Waals surface area contributed by atoms with Gasteiger partial charge in [-0.1, -0.05) is 273 Å². The minimum Gasteiger partial charge on any atom is -0.0622 e. The van der Waals surface area contributed by atoms with Crippen molar-refractivity contribution in [3.8, 4) is 55.6 Å². The van der Waals surface area contributed by atoms with E-state index in [0.29, 0.717) is 0 Å². The Bertz CT molecular complexity index is 4920. The molecule has 0 bridgehead atoms. The fraction of sp³-hybridized carbons (Fsp3) is 0.0361. The molecule has 0 radical (unpaired) electrons. The molecule has 83 heavy (non-hydrogen) atoms. The molecule has 0 heteroatoms. The van der Waals surface area contributed by atoms with Gasteiger partial charge >= 0.3 is 0 Å². The van der Waals surface area contributed by atoms with Gasteiger partial charge in [0.05, 0.1) is 0 Å². The molecule has 0 saturated carbocycles. The fourth-order valence-corrected chi connectivity index (χ4v) is 15.1. The maximum Gasteiger partial charge on any atom is 0.0469 e. The van der Waals surface area contributed by atoms with Crippen molar-refractivity contribution in [3.05, 3.63) is 365 Å². The van der Waals surface area contributed by atoms with E-state index >= 15 is 0 Å². The van der Waals surface area contributed by atoms with E-state index in [1.54, 1.807) is 0 Å². The minimum atomic E-state index is -0.208. The zero-order valence-electron chi connectivity index (χ0n) is 45.8. The Morgan fingerprint density at radius 3 is 1.33 bits per heavy atom. The van der Waals surface area contributed by atoms with Gasteiger partial charge < -0.3 is 0 Å². The van der Waals surface area contributed by atoms with E-state index in [4.69, 9.17) is 0 Å². The summed E-state index contributed by atoms with van der Waals surface area (Å²) in [7, 11) is 0. The topological polar surface area (TPSA) is 0 Å². The lowest BCUT2D eigenvalue weighted by Gasteiger charge is -2.28. The summed E-state index contributed by atoms with van der Waals surface area (Å²) in [5.41, 5.74) is 32.7. The van der Waals surface area contributed by atoms with Crippen LogP contribution in [0.1, 0.15) is 62.1 Å². The quantitative estimate of drug-likeness (QED) is 0.142. The highest BCUT2D eigenvalue weighted by molar-refractivity contribution is 6.41. The Balaban J connectivity index is 1.04. The second-order valence-electron chi connectivity index (χ2n) is 22.9. The molecule has 0 saturated heterocycles. The zero-order chi connectivity index (χ0) is 54.6. The van der Waals surface area contributed by atoms with Gasteiger partial charge in [0.1, 0.15) is 0 Å². The number of rotatable bonds is 8. The highest BCUT2D eigenvalue weighted by Gasteiger charge is 2.49. The predicted molar refractivity (Wildman–Crippen MR) is 349 cm³/mol. The van der Waals surface area contributed by atoms with E-state index in [-0.39, 0.29) is 5.41 Å². The van der Waals surface area contributed by atoms with Crippen molar-refractivity contribution in [1.29, 1.82) is 0 Å². The molecule has 0 fully saturated rings. The first-order valence-electron chi connectivity index (χ1n) is 29.3. The van der Waals surface area contributed by atoms with Gasteiger partial charge in [0.15, 0.2) is 0 Å². The number of hydrogen-bond acceptors (Lipinski definition) is 0. The van der Waals surface area contributed by atoms with E-state index in [0.717, 1.165) is 12.8 Å². The lowest BCUT2D eigenvalue weighted by Crippen LogP contribution is -2.23. The number of allylic oxidation sites excluding steroid dienone is 5. The molecule has 17 rings (SSSR count). The summed E-state index contributed by atoms with van der Waals surface area (Å²) in [5, 5.41) is 4.91. The first kappa shape index (κ1) is 47.4. The molecule has 13 aromatic rings. The molecule has 1 unspecified atom stereocenters. The van der Waals surface area contributed by atoms with Crippen LogP contribution in [-0.4, -0.2) is 0 Å². The van der Waals surface area contributed by atoms with Crippen LogP contribution in [0.2, 0.25) is 0 Å². The molecule has 0 nitrogen and oxygen atoms in total. The third-order valence-corrected chi connectivity index (χ3v) is 18.6. The number of aryl methyl sites for hydroxylation is 1. The highest BCUT2D eigenvalue weighted by atomic mass is 14.5. The van der Waals surface area contributed by atoms with E-state index in [1.165, 1.54) is 166 Å². The maximum atomic E-state index is 2.59. The number of fused-ring (bicyclic) bond motifs is 12. The van der Waals surface area contributed by atoms with Gasteiger partial charge in [-0.2, -0.15) is 0 Å². The SMILES string of the molecule is c1ccc(-c2cccc(C3=C(c4ccc5c(c4)-c4ccccc4C54CCc5ccccc54)C(c4cccc5ccccc45)=C4C3=C(c3cccc5ccccc35)c3cc(-c5cccc(-c6ccccc6)c5)c(-c5ccccc5)cc34)c2)cc1. The Hall–Kier alpha value is -10.4. The molecule has 4 aliphatic carbocycles. The molecule has 0 heterocycles. The summed E-state index contributed by atoms with van der Waals surface area (Å²) in [4.78, 5) is 0. The number of hydrogen-bond donors (Lipinski definition) is 0. The van der Waals surface area contributed by atoms with Crippen LogP contribution in [0.25, 0.3) is 105 Å². The van der Waals surface area contributed by atoms with Crippen molar-refractivity contribution in [3.63, 3.8) is 0 Å². The van der Waals surface area contributed by atoms with Gasteiger partial charge in [0.25, 0.3) is 0 Å². The van der Waals surface area contributed by atoms with Gasteiger partial charge in [0.2, 0.25) is 0 Å². The van der Waals surface area contributed by atoms with Crippen molar-refractivity contribution in [2.24, 2.45) is 0 Å². The van der Waals surface area contributed by atoms with Gasteiger partial charge in [-0.3, -0.25) is 0 Å². The standard InChI is InChI=1S/C83H54/c1-4-22-53(23-5-1)59-33-18-35-61(48-59)70-52-72-73(51-69(70)57-26-8-3-9-27-57)81-80(68-41-21-32-56-29-11-14-38-65(56)68)77(63-44-45-76-71(50-63)66-39-15-17-43-75(66)83(76)47-46-58-30-12-16-42-74(58)83)78(62-36-19-34-60(49-62)54-24-6-2-7-25-54)82(81)79(72)67-40-20-31-55-28-10-13-37-64(55)67/h1-45,48-52H,46-47H2. The molecule has 0 aromatic heterocycles. The Morgan fingerprint density at radius 1 is 0.205 bits per heavy atom. The zero-order valence-corrected chi connectivity index (χ0v) is 45.8. The minimum absolute atomic E-state index is 0.208. The fourth-order valence-electron chi connectivity index (χ4n) is 15.1. The van der Waals surface area contributed by atoms with E-state index in [1.807, 2.05) is 0 Å². The lowest BCUT2D eigenvalue weighted by molar-refractivity contribution is 0.626. The summed E-state index contributed by atoms with van der Waals surface area (Å²) in [5.74, 6) is 0. The summed E-state index contributed by atoms with van der Waals surface area (Å²) in [6, 6.07) is 115. The Kier molecular flexibility index (Phi) is 10.8. The van der Waals surface area contributed by atoms with Crippen molar-refractivity contribution < 1.29 is 0 Å². The molecular formula is C83H54. The van der Waals surface area contributed by atoms with Crippen molar-refractivity contribution >= 4 is 49.4 Å². The highest BCUT2D eigenvalue weighted by Crippen LogP contribution is 2.65. The first-order chi connectivity index (χ1) is 41.2. The molecule has 1 atom stereocenters. The molecule has 1 spiro atoms. The normalized spacial score (nSPS) is 15.5. The van der Waals surface area contributed by atoms with Crippen LogP contribution in [-0.2, 0) is 11.8 Å². The van der Waals surface area contributed by atoms with Gasteiger partial charge in [-0.05, 0) is 209 Å². The average Bonchev–Trinajstić information content (AvgIpc) is 2.13. The summed E-state index contributed by atoms with van der Waals surface area (Å²) in [6.45, 7) is 0. The molecule has 386 valence electrons. The van der Waals surface area contributed by atoms with Crippen LogP contribution in [0.3, 0.4) is 0 Å². The van der Waals surface area contributed by atoms with Gasteiger partial charge in [0, 0.05) is 5.41 Å². The maximum absolute atomic E-state index is 2.59. The largest absolute Gasteiger partial charge is 0.0622 e. The molecular weight excluding hydrogens is 997 g/mol. The smallest absolute Gasteiger partial charge is 0.0469 e. The number of benzene rings is 13. The summed E-state index contributed by atoms with van der Waals surface area (Å²) < 4.78 is 0. The van der Waals surface area contributed by atoms with E-state index in [2.05, 4.69) is 303 Å². The third-order valence-electron chi connectivity index (χ3n) is 18.6. The second kappa shape index (κ2) is 18.8. The van der Waals surface area contributed by atoms with Crippen LogP contribution < -0.4 is 0 Å². The molecule has 0 N–H and O–H groups in total. The van der Waals surface area contributed by atoms with Crippen molar-refractivity contribution in [2.45, 2.75) is 18.3 Å². The van der Waals surface area contributed by atoms with Crippen LogP contribution >= 0.6 is 0 Å². The van der Waals surface area contributed by atoms with E-state index in [9.17, 15) is 0 Å². The van der Waals surface area contributed by atoms with Crippen molar-refractivity contribution in [1.82, 2.24) is 0 Å². The Labute approximate surface area is 485 Å². The average molecular weight is 1050 g/mol. The second-order valence-corrected chi connectivity index (χ2v) is 22.9. The lowest BCUT2D eigenvalue weighted by atomic mass is 9.73. The molecule has 4 aliphatic rings. The van der Waals surface area contributed by atoms with E-state index < -0.39 is 0 Å². The van der Waals surface area contributed by atoms with Crippen LogP contribution in [0.5, 0.6) is 0 Å². The Morgan fingerprint density at radius 2 is 0.639 bits per heavy atom. The third kappa shape index (κ3) is 7.26. The first-order valence-corrected chi connectivity index (χ1v) is 29.3. The predicted octanol–water partition coefficient (Wildman–Crippen LogP) is 21.3. The van der Waals surface area contributed by atoms with Gasteiger partial charge in [-0.15, -0.1) is 0 Å². The van der Waals surface area contributed by atoms with Crippen molar-refractivity contribution in [2.75, 3.05) is 0 Å². The summed E-state index contributed by atoms with van der Waals surface area (Å²) >= 11 is 0. The van der Waals surface area contributed by atoms with Crippen LogP contribution in [0, 0.1) is 0 Å². The summed E-state index contributed by atoms with van der Waals surface area (Å²) in [6.07, 6.45) is 2.12.